The number of benzene rings is 3. The Kier molecular flexibility index (Phi) is 7.12. The van der Waals surface area contributed by atoms with Gasteiger partial charge in [0.15, 0.2) is 0 Å². The van der Waals surface area contributed by atoms with Crippen LogP contribution in [0.4, 0.5) is 4.79 Å². The maximum atomic E-state index is 13.7. The highest BCUT2D eigenvalue weighted by atomic mass is 16.5. The third-order valence-electron chi connectivity index (χ3n) is 11.1. The topological polar surface area (TPSA) is 128 Å². The molecule has 9 rings (SSSR count). The van der Waals surface area contributed by atoms with E-state index in [-0.39, 0.29) is 23.9 Å². The molecule has 2 amide bonds. The molecule has 2 aliphatic carbocycles. The van der Waals surface area contributed by atoms with E-state index in [4.69, 9.17) is 14.7 Å². The van der Waals surface area contributed by atoms with Gasteiger partial charge in [0.2, 0.25) is 5.91 Å². The Hall–Kier alpha value is -4.96. The Morgan fingerprint density at radius 3 is 2.16 bits per heavy atom. The highest BCUT2D eigenvalue weighted by Crippen LogP contribution is 2.53. The van der Waals surface area contributed by atoms with Crippen molar-refractivity contribution >= 4 is 22.8 Å². The third-order valence-corrected chi connectivity index (χ3v) is 11.1. The van der Waals surface area contributed by atoms with Crippen LogP contribution in [0, 0.1) is 17.8 Å². The molecule has 10 nitrogen and oxygen atoms in total. The van der Waals surface area contributed by atoms with Crippen LogP contribution >= 0.6 is 0 Å². The van der Waals surface area contributed by atoms with Crippen molar-refractivity contribution < 1.29 is 14.3 Å². The zero-order valence-corrected chi connectivity index (χ0v) is 27.9. The molecule has 2 aromatic heterocycles. The SMILES string of the molecule is COC(=O)NC(C(=O)N1[C@@H]2C[C@@H]2C[C@H]1c1ncc(-c2ccc(-c3ccc4cc(-c5cnc([C@@H]6C[C@H]7C[C@H]7N6)[nH]5)ccc4c3)cc2)[nH]1)C(C)C. The summed E-state index contributed by atoms with van der Waals surface area (Å²) in [5, 5.41) is 8.81. The molecule has 2 aliphatic heterocycles. The van der Waals surface area contributed by atoms with E-state index >= 15 is 0 Å². The number of aromatic nitrogens is 4. The lowest BCUT2D eigenvalue weighted by Crippen LogP contribution is -2.52. The number of ether oxygens (including phenoxy) is 1. The number of hydrogen-bond donors (Lipinski definition) is 4. The molecule has 7 atom stereocenters. The van der Waals surface area contributed by atoms with E-state index < -0.39 is 12.1 Å². The summed E-state index contributed by atoms with van der Waals surface area (Å²) in [6.07, 6.45) is 7.59. The fourth-order valence-electron chi connectivity index (χ4n) is 8.16. The van der Waals surface area contributed by atoms with Gasteiger partial charge in [-0.25, -0.2) is 14.8 Å². The number of aromatic amines is 2. The van der Waals surface area contributed by atoms with Crippen molar-refractivity contribution in [2.75, 3.05) is 7.11 Å². The van der Waals surface area contributed by atoms with Gasteiger partial charge in [-0.05, 0) is 83.0 Å². The lowest BCUT2D eigenvalue weighted by atomic mass is 9.98. The minimum absolute atomic E-state index is 0.0735. The summed E-state index contributed by atoms with van der Waals surface area (Å²) in [5.74, 6) is 2.99. The van der Waals surface area contributed by atoms with Crippen LogP contribution < -0.4 is 10.6 Å². The van der Waals surface area contributed by atoms with Crippen LogP contribution in [0.1, 0.15) is 63.3 Å². The first-order chi connectivity index (χ1) is 23.8. The molecule has 3 aromatic carbocycles. The molecule has 4 N–H and O–H groups in total. The Morgan fingerprint density at radius 1 is 0.796 bits per heavy atom. The van der Waals surface area contributed by atoms with Gasteiger partial charge in [0, 0.05) is 17.6 Å². The minimum atomic E-state index is -0.651. The normalized spacial score (nSPS) is 25.7. The molecule has 4 heterocycles. The molecular weight excluding hydrogens is 614 g/mol. The summed E-state index contributed by atoms with van der Waals surface area (Å²) in [6.45, 7) is 3.87. The molecule has 49 heavy (non-hydrogen) atoms. The predicted molar refractivity (Wildman–Crippen MR) is 187 cm³/mol. The minimum Gasteiger partial charge on any atom is -0.453 e. The maximum Gasteiger partial charge on any atom is 0.407 e. The Labute approximate surface area is 285 Å². The molecular formula is C39H41N7O3. The van der Waals surface area contributed by atoms with Crippen molar-refractivity contribution in [2.45, 2.75) is 69.7 Å². The van der Waals surface area contributed by atoms with Gasteiger partial charge in [-0.3, -0.25) is 4.79 Å². The first-order valence-corrected chi connectivity index (χ1v) is 17.5. The van der Waals surface area contributed by atoms with Crippen molar-refractivity contribution in [1.29, 1.82) is 0 Å². The number of alkyl carbamates (subject to hydrolysis) is 1. The number of hydrogen-bond acceptors (Lipinski definition) is 6. The van der Waals surface area contributed by atoms with Gasteiger partial charge in [0.25, 0.3) is 0 Å². The second-order valence-electron chi connectivity index (χ2n) is 14.7. The first kappa shape index (κ1) is 30.1. The fraction of sp³-hybridized carbons (Fsp3) is 0.385. The van der Waals surface area contributed by atoms with Crippen molar-refractivity contribution in [3.05, 3.63) is 84.7 Å². The van der Waals surface area contributed by atoms with Crippen molar-refractivity contribution in [2.24, 2.45) is 17.8 Å². The summed E-state index contributed by atoms with van der Waals surface area (Å²) in [7, 11) is 1.31. The Bertz CT molecular complexity index is 2060. The van der Waals surface area contributed by atoms with E-state index in [1.807, 2.05) is 31.1 Å². The number of likely N-dealkylation sites (tertiary alicyclic amines) is 1. The van der Waals surface area contributed by atoms with Crippen LogP contribution in [-0.4, -0.2) is 62.1 Å². The van der Waals surface area contributed by atoms with Crippen molar-refractivity contribution in [3.63, 3.8) is 0 Å². The first-order valence-electron chi connectivity index (χ1n) is 17.5. The van der Waals surface area contributed by atoms with Gasteiger partial charge < -0.3 is 30.2 Å². The largest absolute Gasteiger partial charge is 0.453 e. The predicted octanol–water partition coefficient (Wildman–Crippen LogP) is 6.75. The summed E-state index contributed by atoms with van der Waals surface area (Å²) in [4.78, 5) is 44.2. The van der Waals surface area contributed by atoms with E-state index in [1.54, 1.807) is 0 Å². The number of carbonyl (C=O) groups excluding carboxylic acids is 2. The smallest absolute Gasteiger partial charge is 0.407 e. The molecule has 4 fully saturated rings. The van der Waals surface area contributed by atoms with Crippen LogP contribution in [0.3, 0.4) is 0 Å². The Morgan fingerprint density at radius 2 is 1.45 bits per heavy atom. The van der Waals surface area contributed by atoms with Gasteiger partial charge in [-0.15, -0.1) is 0 Å². The average molecular weight is 656 g/mol. The summed E-state index contributed by atoms with van der Waals surface area (Å²) >= 11 is 0. The van der Waals surface area contributed by atoms with Crippen LogP contribution in [-0.2, 0) is 9.53 Å². The van der Waals surface area contributed by atoms with Crippen molar-refractivity contribution in [3.8, 4) is 33.6 Å². The number of H-pyrrole nitrogens is 2. The highest BCUT2D eigenvalue weighted by molar-refractivity contribution is 5.91. The highest BCUT2D eigenvalue weighted by Gasteiger charge is 2.56. The van der Waals surface area contributed by atoms with Gasteiger partial charge in [0.1, 0.15) is 17.7 Å². The number of carbonyl (C=O) groups is 2. The average Bonchev–Trinajstić information content (AvgIpc) is 3.68. The van der Waals surface area contributed by atoms with Crippen LogP contribution in [0.5, 0.6) is 0 Å². The van der Waals surface area contributed by atoms with Gasteiger partial charge >= 0.3 is 6.09 Å². The van der Waals surface area contributed by atoms with Crippen molar-refractivity contribution in [1.82, 2.24) is 35.5 Å². The number of nitrogens with one attached hydrogen (secondary N) is 4. The lowest BCUT2D eigenvalue weighted by molar-refractivity contribution is -0.136. The number of piperidine rings is 2. The summed E-state index contributed by atoms with van der Waals surface area (Å²) in [5.41, 5.74) is 6.44. The summed E-state index contributed by atoms with van der Waals surface area (Å²) in [6, 6.07) is 22.2. The van der Waals surface area contributed by atoms with Crippen LogP contribution in [0.25, 0.3) is 44.4 Å². The van der Waals surface area contributed by atoms with E-state index in [1.165, 1.54) is 30.7 Å². The third kappa shape index (κ3) is 5.48. The molecule has 0 radical (unpaired) electrons. The molecule has 2 saturated heterocycles. The molecule has 10 heteroatoms. The van der Waals surface area contributed by atoms with E-state index in [2.05, 4.69) is 81.3 Å². The molecule has 0 spiro atoms. The standard InChI is InChI=1S/C39H41N7O3/c1-20(2)35(45-39(48)49-3)38(47)46-33-16-28(33)17-34(46)37-41-18-31(44-37)22-6-4-21(5-7-22)23-8-9-25-13-26(11-10-24(25)12-23)32-19-40-36(43-32)30-15-27-14-29(27)42-30/h4-13,18-20,27-30,33-35,42H,14-17H2,1-3H3,(H,40,43)(H,41,44)(H,45,48)/t27-,28-,29-,30+,33-,34+,35?/m1/s1. The number of rotatable bonds is 8. The quantitative estimate of drug-likeness (QED) is 0.146. The number of imidazole rings is 2. The van der Waals surface area contributed by atoms with E-state index in [0.29, 0.717) is 18.0 Å². The molecule has 250 valence electrons. The number of fused-ring (bicyclic) bond motifs is 3. The molecule has 1 unspecified atom stereocenters. The zero-order chi connectivity index (χ0) is 33.4. The zero-order valence-electron chi connectivity index (χ0n) is 27.9. The number of nitrogens with zero attached hydrogens (tertiary/aromatic N) is 3. The second-order valence-corrected chi connectivity index (χ2v) is 14.7. The summed E-state index contributed by atoms with van der Waals surface area (Å²) < 4.78 is 4.79. The molecule has 5 aromatic rings. The fourth-order valence-corrected chi connectivity index (χ4v) is 8.16. The van der Waals surface area contributed by atoms with Gasteiger partial charge in [-0.2, -0.15) is 0 Å². The molecule has 2 saturated carbocycles. The maximum absolute atomic E-state index is 13.7. The van der Waals surface area contributed by atoms with Gasteiger partial charge in [-0.1, -0.05) is 62.4 Å². The molecule has 0 bridgehead atoms. The number of methoxy groups -OCH3 is 1. The lowest BCUT2D eigenvalue weighted by Gasteiger charge is -2.31. The molecule has 4 aliphatic rings. The van der Waals surface area contributed by atoms with Gasteiger partial charge in [0.05, 0.1) is 43.0 Å². The van der Waals surface area contributed by atoms with E-state index in [0.717, 1.165) is 64.1 Å². The number of amides is 2. The van der Waals surface area contributed by atoms with E-state index in [9.17, 15) is 9.59 Å². The monoisotopic (exact) mass is 655 g/mol. The van der Waals surface area contributed by atoms with Crippen LogP contribution in [0.2, 0.25) is 0 Å². The Balaban J connectivity index is 0.899. The van der Waals surface area contributed by atoms with Crippen LogP contribution in [0.15, 0.2) is 73.1 Å². The second kappa shape index (κ2) is 11.6.